The first-order chi connectivity index (χ1) is 19.6. The molecule has 1 aromatic carbocycles. The molecule has 2 saturated heterocycles. The fourth-order valence-corrected chi connectivity index (χ4v) is 5.21. The molecule has 3 heterocycles. The van der Waals surface area contributed by atoms with E-state index < -0.39 is 0 Å². The molecule has 234 valence electrons. The molecular weight excluding hydrogens is 540 g/mol. The third-order valence-corrected chi connectivity index (χ3v) is 7.83. The number of amides is 6. The number of rotatable bonds is 0. The van der Waals surface area contributed by atoms with Crippen LogP contribution in [0.15, 0.2) is 29.1 Å². The van der Waals surface area contributed by atoms with Gasteiger partial charge in [0.25, 0.3) is 0 Å². The van der Waals surface area contributed by atoms with E-state index in [1.54, 1.807) is 65.5 Å². The number of aromatic nitrogens is 2. The van der Waals surface area contributed by atoms with Crippen LogP contribution in [0.5, 0.6) is 0 Å². The molecule has 3 aliphatic rings. The zero-order chi connectivity index (χ0) is 31.9. The monoisotopic (exact) mass is 588 g/mol. The Bertz CT molecular complexity index is 1220. The summed E-state index contributed by atoms with van der Waals surface area (Å²) in [5.41, 5.74) is 1.98. The molecule has 3 fully saturated rings. The Hall–Kier alpha value is -4.03. The van der Waals surface area contributed by atoms with Crippen molar-refractivity contribution in [2.45, 2.75) is 37.8 Å². The second-order valence-electron chi connectivity index (χ2n) is 11.4. The quantitative estimate of drug-likeness (QED) is 0.461. The molecule has 2 aromatic rings. The predicted molar refractivity (Wildman–Crippen MR) is 163 cm³/mol. The van der Waals surface area contributed by atoms with E-state index in [0.29, 0.717) is 12.1 Å². The minimum atomic E-state index is 0.00194. The summed E-state index contributed by atoms with van der Waals surface area (Å²) >= 11 is 0. The first kappa shape index (κ1) is 34.2. The van der Waals surface area contributed by atoms with E-state index in [-0.39, 0.29) is 42.7 Å². The summed E-state index contributed by atoms with van der Waals surface area (Å²) in [6.45, 7) is 0.435. The average molecular weight is 589 g/mol. The van der Waals surface area contributed by atoms with E-state index in [4.69, 9.17) is 0 Å². The van der Waals surface area contributed by atoms with Crippen LogP contribution in [-0.4, -0.2) is 144 Å². The Morgan fingerprint density at radius 2 is 1.02 bits per heavy atom. The number of para-hydroxylation sites is 2. The zero-order valence-corrected chi connectivity index (χ0v) is 26.8. The van der Waals surface area contributed by atoms with Gasteiger partial charge in [0.15, 0.2) is 0 Å². The van der Waals surface area contributed by atoms with E-state index >= 15 is 0 Å². The number of piperazine rings is 1. The molecule has 2 atom stereocenters. The number of imidazole rings is 1. The highest BCUT2D eigenvalue weighted by molar-refractivity contribution is 5.92. The third kappa shape index (κ3) is 8.04. The molecule has 42 heavy (non-hydrogen) atoms. The summed E-state index contributed by atoms with van der Waals surface area (Å²) in [6.07, 6.45) is 4.95. The molecule has 1 saturated carbocycles. The van der Waals surface area contributed by atoms with Gasteiger partial charge in [-0.25, -0.2) is 14.4 Å². The van der Waals surface area contributed by atoms with Gasteiger partial charge in [0, 0.05) is 70.5 Å². The zero-order valence-electron chi connectivity index (χ0n) is 26.8. The molecule has 1 aromatic heterocycles. The summed E-state index contributed by atoms with van der Waals surface area (Å²) in [7, 11) is 17.6. The minimum Gasteiger partial charge on any atom is -0.335 e. The van der Waals surface area contributed by atoms with Crippen LogP contribution < -0.4 is 5.69 Å². The van der Waals surface area contributed by atoms with Gasteiger partial charge in [0.1, 0.15) is 0 Å². The number of carbonyl (C=O) groups is 4. The van der Waals surface area contributed by atoms with Crippen LogP contribution in [0.2, 0.25) is 0 Å². The highest BCUT2D eigenvalue weighted by Crippen LogP contribution is 2.31. The second kappa shape index (κ2) is 14.7. The minimum absolute atomic E-state index is 0.00194. The maximum Gasteiger partial charge on any atom is 0.328 e. The lowest BCUT2D eigenvalue weighted by Gasteiger charge is -2.29. The Labute approximate surface area is 248 Å². The first-order valence-corrected chi connectivity index (χ1v) is 14.1. The van der Waals surface area contributed by atoms with Crippen molar-refractivity contribution < 1.29 is 19.2 Å². The predicted octanol–water partition coefficient (Wildman–Crippen LogP) is 1.32. The molecule has 0 spiro atoms. The number of benzene rings is 1. The molecule has 0 bridgehead atoms. The Morgan fingerprint density at radius 3 is 1.33 bits per heavy atom. The fourth-order valence-electron chi connectivity index (χ4n) is 5.21. The van der Waals surface area contributed by atoms with Crippen LogP contribution in [0.25, 0.3) is 11.0 Å². The molecular formula is C29H48N8O5. The summed E-state index contributed by atoms with van der Waals surface area (Å²) in [4.78, 5) is 65.1. The molecule has 0 radical (unpaired) electrons. The largest absolute Gasteiger partial charge is 0.335 e. The summed E-state index contributed by atoms with van der Waals surface area (Å²) in [5, 5.41) is 0. The van der Waals surface area contributed by atoms with E-state index in [1.807, 2.05) is 48.2 Å². The van der Waals surface area contributed by atoms with Crippen molar-refractivity contribution >= 4 is 34.9 Å². The van der Waals surface area contributed by atoms with Crippen molar-refractivity contribution in [1.29, 1.82) is 0 Å². The maximum atomic E-state index is 11.5. The third-order valence-electron chi connectivity index (χ3n) is 7.83. The van der Waals surface area contributed by atoms with E-state index in [2.05, 4.69) is 0 Å². The summed E-state index contributed by atoms with van der Waals surface area (Å²) in [6, 6.07) is 8.96. The van der Waals surface area contributed by atoms with Gasteiger partial charge in [-0.15, -0.1) is 0 Å². The molecule has 13 heteroatoms. The summed E-state index contributed by atoms with van der Waals surface area (Å²) in [5.74, 6) is 0.00389. The van der Waals surface area contributed by atoms with Crippen LogP contribution in [0.3, 0.4) is 0 Å². The van der Waals surface area contributed by atoms with Crippen LogP contribution in [0.4, 0.5) is 9.59 Å². The van der Waals surface area contributed by atoms with Crippen LogP contribution >= 0.6 is 0 Å². The number of hydrogen-bond acceptors (Lipinski definition) is 5. The normalized spacial score (nSPS) is 19.7. The second-order valence-corrected chi connectivity index (χ2v) is 11.4. The van der Waals surface area contributed by atoms with E-state index in [1.165, 1.54) is 45.3 Å². The maximum absolute atomic E-state index is 11.5. The van der Waals surface area contributed by atoms with Gasteiger partial charge in [0.2, 0.25) is 11.8 Å². The lowest BCUT2D eigenvalue weighted by atomic mass is 9.91. The molecule has 5 rings (SSSR count). The highest BCUT2D eigenvalue weighted by atomic mass is 16.2. The van der Waals surface area contributed by atoms with E-state index in [9.17, 15) is 24.0 Å². The standard InChI is InChI=1S/C9H16N2O.C9H10N2O.C6H10N2O2.C5H12N2O/c2*1-10-7-5-3-4-6-8(7)11(2)9(10)12;1-7-3-6(10)8(2)4-5(7)9;1-6(2)5(8)7(3)4/h7-8H,3-6H2,1-2H3;3-6H,1-2H3;3-4H2,1-2H3;1-4H3. The number of carbonyl (C=O) groups excluding carboxylic acids is 4. The highest BCUT2D eigenvalue weighted by Gasteiger charge is 2.42. The smallest absolute Gasteiger partial charge is 0.328 e. The number of hydrogen-bond donors (Lipinski definition) is 0. The van der Waals surface area contributed by atoms with Gasteiger partial charge in [-0.2, -0.15) is 0 Å². The number of fused-ring (bicyclic) bond motifs is 2. The van der Waals surface area contributed by atoms with Gasteiger partial charge in [-0.1, -0.05) is 25.0 Å². The van der Waals surface area contributed by atoms with Gasteiger partial charge in [-0.3, -0.25) is 18.7 Å². The van der Waals surface area contributed by atoms with Gasteiger partial charge in [0.05, 0.1) is 36.2 Å². The van der Waals surface area contributed by atoms with Crippen molar-refractivity contribution in [2.24, 2.45) is 14.1 Å². The lowest BCUT2D eigenvalue weighted by Crippen LogP contribution is -2.50. The first-order valence-electron chi connectivity index (χ1n) is 14.1. The molecule has 1 aliphatic carbocycles. The molecule has 13 nitrogen and oxygen atoms in total. The molecule has 0 N–H and O–H groups in total. The van der Waals surface area contributed by atoms with Crippen molar-refractivity contribution in [3.8, 4) is 0 Å². The molecule has 6 amide bonds. The number of urea groups is 2. The molecule has 2 aliphatic heterocycles. The average Bonchev–Trinajstić information content (AvgIpc) is 3.32. The van der Waals surface area contributed by atoms with Crippen LogP contribution in [-0.2, 0) is 23.7 Å². The van der Waals surface area contributed by atoms with Gasteiger partial charge < -0.3 is 29.4 Å². The summed E-state index contributed by atoms with van der Waals surface area (Å²) < 4.78 is 3.30. The molecule has 2 unspecified atom stereocenters. The van der Waals surface area contributed by atoms with Crippen LogP contribution in [0, 0.1) is 0 Å². The van der Waals surface area contributed by atoms with Crippen molar-refractivity contribution in [3.05, 3.63) is 34.7 Å². The fraction of sp³-hybridized carbons (Fsp3) is 0.621. The Morgan fingerprint density at radius 1 is 0.667 bits per heavy atom. The van der Waals surface area contributed by atoms with Crippen molar-refractivity contribution in [1.82, 2.24) is 38.5 Å². The Kier molecular flexibility index (Phi) is 12.0. The number of nitrogens with zero attached hydrogens (tertiary/aromatic N) is 8. The van der Waals surface area contributed by atoms with Gasteiger partial charge >= 0.3 is 17.8 Å². The van der Waals surface area contributed by atoms with Crippen molar-refractivity contribution in [3.63, 3.8) is 0 Å². The van der Waals surface area contributed by atoms with Crippen molar-refractivity contribution in [2.75, 3.05) is 69.5 Å². The SMILES string of the molecule is CN(C)C(=O)N(C)C.CN1C(=O)N(C)C2CCCCC21.CN1CC(=O)N(C)CC1=O.Cn1c(=O)n(C)c2ccccc21. The number of aryl methyl sites for hydroxylation is 2. The Balaban J connectivity index is 0.000000199. The number of likely N-dealkylation sites (N-methyl/N-ethyl adjacent to an activating group) is 4. The van der Waals surface area contributed by atoms with E-state index in [0.717, 1.165) is 11.0 Å². The topological polar surface area (TPSA) is 115 Å². The lowest BCUT2D eigenvalue weighted by molar-refractivity contribution is -0.147. The van der Waals surface area contributed by atoms with Gasteiger partial charge in [-0.05, 0) is 25.0 Å². The van der Waals surface area contributed by atoms with Crippen LogP contribution in [0.1, 0.15) is 25.7 Å².